The number of halogens is 1. The van der Waals surface area contributed by atoms with Gasteiger partial charge in [0.1, 0.15) is 6.26 Å². The Kier molecular flexibility index (Phi) is 8.70. The lowest BCUT2D eigenvalue weighted by atomic mass is 10.1. The Balaban J connectivity index is 3.54. The van der Waals surface area contributed by atoms with E-state index in [0.29, 0.717) is 11.5 Å². The van der Waals surface area contributed by atoms with Crippen molar-refractivity contribution in [3.63, 3.8) is 0 Å². The largest absolute Gasteiger partial charge is 0.445 e. The normalized spacial score (nSPS) is 12.8. The molecule has 0 saturated carbocycles. The lowest BCUT2D eigenvalue weighted by Crippen LogP contribution is -1.97. The van der Waals surface area contributed by atoms with Gasteiger partial charge in [0, 0.05) is 0 Å². The minimum absolute atomic E-state index is 0.299. The number of hydrogen-bond donors (Lipinski definition) is 1. The number of hydrogen-bond acceptors (Lipinski definition) is 3. The molecule has 0 amide bonds. The van der Waals surface area contributed by atoms with Crippen molar-refractivity contribution in [1.29, 1.82) is 0 Å². The molecule has 1 N–H and O–H groups in total. The van der Waals surface area contributed by atoms with Crippen molar-refractivity contribution in [2.45, 2.75) is 51.9 Å². The molecule has 0 atom stereocenters. The fourth-order valence-corrected chi connectivity index (χ4v) is 1.71. The van der Waals surface area contributed by atoms with Crippen LogP contribution in [0, 0.1) is 0 Å². The molecule has 0 aromatic rings. The van der Waals surface area contributed by atoms with E-state index in [9.17, 15) is 8.42 Å². The Bertz CT molecular complexity index is 298. The first-order chi connectivity index (χ1) is 7.45. The lowest BCUT2D eigenvalue weighted by molar-refractivity contribution is 0.354. The quantitative estimate of drug-likeness (QED) is 0.395. The Labute approximate surface area is 103 Å². The molecule has 0 unspecified atom stereocenters. The van der Waals surface area contributed by atoms with Gasteiger partial charge in [-0.05, 0) is 12.8 Å². The fourth-order valence-electron chi connectivity index (χ4n) is 1.25. The Hall–Kier alpha value is -0.260. The summed E-state index contributed by atoms with van der Waals surface area (Å²) in [6.45, 7) is 2.16. The van der Waals surface area contributed by atoms with Gasteiger partial charge >= 0.3 is 10.4 Å². The van der Waals surface area contributed by atoms with Crippen LogP contribution in [0.1, 0.15) is 51.9 Å². The third kappa shape index (κ3) is 11.8. The Morgan fingerprint density at radius 2 is 1.81 bits per heavy atom. The molecule has 0 aromatic heterocycles. The van der Waals surface area contributed by atoms with E-state index in [1.54, 1.807) is 0 Å². The van der Waals surface area contributed by atoms with E-state index in [2.05, 4.69) is 11.1 Å². The van der Waals surface area contributed by atoms with Gasteiger partial charge < -0.3 is 4.18 Å². The lowest BCUT2D eigenvalue weighted by Gasteiger charge is -2.00. The van der Waals surface area contributed by atoms with E-state index < -0.39 is 10.4 Å². The molecule has 4 nitrogen and oxygen atoms in total. The monoisotopic (exact) mass is 270 g/mol. The molecule has 96 valence electrons. The first-order valence-electron chi connectivity index (χ1n) is 5.46. The predicted octanol–water partition coefficient (Wildman–Crippen LogP) is 3.64. The summed E-state index contributed by atoms with van der Waals surface area (Å²) in [5, 5.41) is 0.299. The summed E-state index contributed by atoms with van der Waals surface area (Å²) in [4.78, 5) is 0. The van der Waals surface area contributed by atoms with Crippen LogP contribution < -0.4 is 0 Å². The Morgan fingerprint density at radius 3 is 2.38 bits per heavy atom. The number of rotatable bonds is 9. The van der Waals surface area contributed by atoms with Gasteiger partial charge in [-0.1, -0.05) is 50.6 Å². The highest BCUT2D eigenvalue weighted by Crippen LogP contribution is 2.15. The van der Waals surface area contributed by atoms with Crippen molar-refractivity contribution in [1.82, 2.24) is 0 Å². The van der Waals surface area contributed by atoms with Crippen LogP contribution in [0.3, 0.4) is 0 Å². The van der Waals surface area contributed by atoms with Crippen LogP contribution in [0.5, 0.6) is 0 Å². The van der Waals surface area contributed by atoms with Gasteiger partial charge in [0.2, 0.25) is 0 Å². The molecule has 0 aromatic carbocycles. The topological polar surface area (TPSA) is 63.6 Å². The zero-order chi connectivity index (χ0) is 12.4. The SMILES string of the molecule is CCCCCCCC/C(Cl)=C\OS(=O)(=O)O. The average Bonchev–Trinajstić information content (AvgIpc) is 2.19. The van der Waals surface area contributed by atoms with Crippen LogP contribution in [0.4, 0.5) is 0 Å². The maximum absolute atomic E-state index is 10.2. The third-order valence-electron chi connectivity index (χ3n) is 2.07. The van der Waals surface area contributed by atoms with Crippen molar-refractivity contribution >= 4 is 22.0 Å². The van der Waals surface area contributed by atoms with Gasteiger partial charge in [-0.25, -0.2) is 0 Å². The summed E-state index contributed by atoms with van der Waals surface area (Å²) >= 11 is 5.69. The van der Waals surface area contributed by atoms with Crippen molar-refractivity contribution < 1.29 is 17.2 Å². The molecule has 0 saturated heterocycles. The van der Waals surface area contributed by atoms with E-state index >= 15 is 0 Å². The van der Waals surface area contributed by atoms with E-state index in [1.807, 2.05) is 0 Å². The third-order valence-corrected chi connectivity index (χ3v) is 2.68. The van der Waals surface area contributed by atoms with Crippen LogP contribution in [-0.4, -0.2) is 13.0 Å². The van der Waals surface area contributed by atoms with E-state index in [0.717, 1.165) is 25.5 Å². The first-order valence-corrected chi connectivity index (χ1v) is 7.20. The van der Waals surface area contributed by atoms with Crippen molar-refractivity contribution in [2.24, 2.45) is 0 Å². The molecular weight excluding hydrogens is 252 g/mol. The van der Waals surface area contributed by atoms with Gasteiger partial charge in [0.15, 0.2) is 0 Å². The fraction of sp³-hybridized carbons (Fsp3) is 0.800. The van der Waals surface area contributed by atoms with Gasteiger partial charge in [-0.2, -0.15) is 8.42 Å². The van der Waals surface area contributed by atoms with Crippen LogP contribution in [0.25, 0.3) is 0 Å². The van der Waals surface area contributed by atoms with Crippen molar-refractivity contribution in [3.8, 4) is 0 Å². The molecular formula is C10H19ClO4S. The zero-order valence-electron chi connectivity index (χ0n) is 9.49. The van der Waals surface area contributed by atoms with Crippen molar-refractivity contribution in [2.75, 3.05) is 0 Å². The molecule has 16 heavy (non-hydrogen) atoms. The molecule has 0 fully saturated rings. The molecule has 0 heterocycles. The Morgan fingerprint density at radius 1 is 1.25 bits per heavy atom. The zero-order valence-corrected chi connectivity index (χ0v) is 11.1. The smallest absolute Gasteiger partial charge is 0.369 e. The summed E-state index contributed by atoms with van der Waals surface area (Å²) in [6, 6.07) is 0. The number of allylic oxidation sites excluding steroid dienone is 1. The highest BCUT2D eigenvalue weighted by atomic mass is 35.5. The second kappa shape index (κ2) is 8.84. The maximum Gasteiger partial charge on any atom is 0.445 e. The molecule has 0 aliphatic carbocycles. The van der Waals surface area contributed by atoms with Crippen LogP contribution in [-0.2, 0) is 14.6 Å². The second-order valence-electron chi connectivity index (χ2n) is 3.61. The molecule has 0 aliphatic rings. The van der Waals surface area contributed by atoms with Gasteiger partial charge in [0.05, 0.1) is 5.03 Å². The molecule has 0 radical (unpaired) electrons. The summed E-state index contributed by atoms with van der Waals surface area (Å²) in [7, 11) is -4.42. The number of unbranched alkanes of at least 4 members (excludes halogenated alkanes) is 5. The van der Waals surface area contributed by atoms with E-state index in [4.69, 9.17) is 16.2 Å². The summed E-state index contributed by atoms with van der Waals surface area (Å²) in [5.74, 6) is 0. The molecule has 0 spiro atoms. The minimum atomic E-state index is -4.42. The standard InChI is InChI=1S/C10H19ClO4S/c1-2-3-4-5-6-7-8-10(11)9-15-16(12,13)14/h9H,2-8H2,1H3,(H,12,13,14)/b10-9+. The molecule has 0 bridgehead atoms. The summed E-state index contributed by atoms with van der Waals surface area (Å²) in [6.07, 6.45) is 8.24. The maximum atomic E-state index is 10.2. The molecule has 6 heteroatoms. The van der Waals surface area contributed by atoms with Gasteiger partial charge in [0.25, 0.3) is 0 Å². The predicted molar refractivity (Wildman–Crippen MR) is 64.6 cm³/mol. The highest BCUT2D eigenvalue weighted by Gasteiger charge is 2.02. The summed E-state index contributed by atoms with van der Waals surface area (Å²) in [5.41, 5.74) is 0. The second-order valence-corrected chi connectivity index (χ2v) is 5.14. The van der Waals surface area contributed by atoms with Crippen LogP contribution in [0.2, 0.25) is 0 Å². The first kappa shape index (κ1) is 15.7. The summed E-state index contributed by atoms with van der Waals surface area (Å²) < 4.78 is 32.7. The van der Waals surface area contributed by atoms with Crippen LogP contribution in [0.15, 0.2) is 11.3 Å². The average molecular weight is 271 g/mol. The van der Waals surface area contributed by atoms with E-state index in [-0.39, 0.29) is 0 Å². The molecule has 0 rings (SSSR count). The highest BCUT2D eigenvalue weighted by molar-refractivity contribution is 7.81. The van der Waals surface area contributed by atoms with Gasteiger partial charge in [-0.3, -0.25) is 4.55 Å². The van der Waals surface area contributed by atoms with Crippen LogP contribution >= 0.6 is 11.6 Å². The van der Waals surface area contributed by atoms with E-state index in [1.165, 1.54) is 19.3 Å². The van der Waals surface area contributed by atoms with Crippen molar-refractivity contribution in [3.05, 3.63) is 11.3 Å². The molecule has 0 aliphatic heterocycles. The minimum Gasteiger partial charge on any atom is -0.369 e. The van der Waals surface area contributed by atoms with Gasteiger partial charge in [-0.15, -0.1) is 0 Å².